The van der Waals surface area contributed by atoms with Crippen LogP contribution in [0.15, 0.2) is 59.7 Å². The van der Waals surface area contributed by atoms with Crippen molar-refractivity contribution in [1.29, 1.82) is 0 Å². The molecule has 23 heavy (non-hydrogen) atoms. The lowest BCUT2D eigenvalue weighted by atomic mass is 10.1. The molecule has 0 unspecified atom stereocenters. The lowest BCUT2D eigenvalue weighted by molar-refractivity contribution is -0.139. The SMILES string of the molecule is C[C@H](NC(=O)C(=O)N/N=C\c1ccc(O)cc1)c1ccccc1. The highest BCUT2D eigenvalue weighted by Crippen LogP contribution is 2.10. The number of carbonyl (C=O) groups is 2. The first-order valence-electron chi connectivity index (χ1n) is 7.04. The maximum absolute atomic E-state index is 11.8. The highest BCUT2D eigenvalue weighted by molar-refractivity contribution is 6.35. The number of phenols is 1. The van der Waals surface area contributed by atoms with Crippen LogP contribution in [0.5, 0.6) is 5.75 Å². The molecule has 2 amide bonds. The van der Waals surface area contributed by atoms with Crippen LogP contribution in [0, 0.1) is 0 Å². The van der Waals surface area contributed by atoms with Crippen molar-refractivity contribution in [3.05, 3.63) is 65.7 Å². The Kier molecular flexibility index (Phi) is 5.46. The Balaban J connectivity index is 1.85. The maximum atomic E-state index is 11.8. The Hall–Kier alpha value is -3.15. The molecular formula is C17H17N3O3. The predicted octanol–water partition coefficient (Wildman–Crippen LogP) is 1.72. The van der Waals surface area contributed by atoms with Crippen molar-refractivity contribution >= 4 is 18.0 Å². The normalized spacial score (nSPS) is 11.9. The fourth-order valence-corrected chi connectivity index (χ4v) is 1.86. The van der Waals surface area contributed by atoms with Crippen LogP contribution in [0.4, 0.5) is 0 Å². The summed E-state index contributed by atoms with van der Waals surface area (Å²) in [5, 5.41) is 15.5. The van der Waals surface area contributed by atoms with Gasteiger partial charge in [-0.25, -0.2) is 5.43 Å². The number of aromatic hydroxyl groups is 1. The number of amides is 2. The number of benzene rings is 2. The van der Waals surface area contributed by atoms with Crippen molar-refractivity contribution in [3.63, 3.8) is 0 Å². The Labute approximate surface area is 133 Å². The predicted molar refractivity (Wildman–Crippen MR) is 86.8 cm³/mol. The molecule has 6 nitrogen and oxygen atoms in total. The molecule has 0 aliphatic carbocycles. The van der Waals surface area contributed by atoms with Crippen LogP contribution < -0.4 is 10.7 Å². The molecule has 0 radical (unpaired) electrons. The average Bonchev–Trinajstić information content (AvgIpc) is 2.57. The molecule has 0 heterocycles. The summed E-state index contributed by atoms with van der Waals surface area (Å²) in [6.07, 6.45) is 1.38. The van der Waals surface area contributed by atoms with Crippen LogP contribution in [-0.2, 0) is 9.59 Å². The molecular weight excluding hydrogens is 294 g/mol. The third-order valence-corrected chi connectivity index (χ3v) is 3.13. The van der Waals surface area contributed by atoms with Gasteiger partial charge in [-0.3, -0.25) is 9.59 Å². The lowest BCUT2D eigenvalue weighted by Crippen LogP contribution is -2.39. The van der Waals surface area contributed by atoms with Gasteiger partial charge in [-0.15, -0.1) is 0 Å². The van der Waals surface area contributed by atoms with Gasteiger partial charge in [0.15, 0.2) is 0 Å². The first-order valence-corrected chi connectivity index (χ1v) is 7.04. The summed E-state index contributed by atoms with van der Waals surface area (Å²) in [5.74, 6) is -1.47. The number of hydrogen-bond acceptors (Lipinski definition) is 4. The van der Waals surface area contributed by atoms with E-state index in [2.05, 4.69) is 15.8 Å². The van der Waals surface area contributed by atoms with E-state index in [4.69, 9.17) is 5.11 Å². The van der Waals surface area contributed by atoms with E-state index in [1.807, 2.05) is 30.3 Å². The quantitative estimate of drug-likeness (QED) is 0.456. The second-order valence-corrected chi connectivity index (χ2v) is 4.90. The molecule has 0 aromatic heterocycles. The molecule has 0 bridgehead atoms. The Bertz CT molecular complexity index is 697. The summed E-state index contributed by atoms with van der Waals surface area (Å²) in [4.78, 5) is 23.5. The number of rotatable bonds is 4. The molecule has 1 atom stereocenters. The summed E-state index contributed by atoms with van der Waals surface area (Å²) in [7, 11) is 0. The van der Waals surface area contributed by atoms with Crippen molar-refractivity contribution in [3.8, 4) is 5.75 Å². The summed E-state index contributed by atoms with van der Waals surface area (Å²) < 4.78 is 0. The van der Waals surface area contributed by atoms with Gasteiger partial charge in [0.1, 0.15) is 5.75 Å². The van der Waals surface area contributed by atoms with Crippen molar-refractivity contribution in [2.24, 2.45) is 5.10 Å². The molecule has 0 saturated carbocycles. The number of hydrogen-bond donors (Lipinski definition) is 3. The van der Waals surface area contributed by atoms with E-state index in [-0.39, 0.29) is 11.8 Å². The van der Waals surface area contributed by atoms with Gasteiger partial charge in [0, 0.05) is 0 Å². The maximum Gasteiger partial charge on any atom is 0.329 e. The Morgan fingerprint density at radius 2 is 1.70 bits per heavy atom. The van der Waals surface area contributed by atoms with Gasteiger partial charge >= 0.3 is 11.8 Å². The summed E-state index contributed by atoms with van der Waals surface area (Å²) in [5.41, 5.74) is 3.74. The van der Waals surface area contributed by atoms with Crippen molar-refractivity contribution < 1.29 is 14.7 Å². The van der Waals surface area contributed by atoms with Crippen LogP contribution in [0.25, 0.3) is 0 Å². The number of hydrazone groups is 1. The topological polar surface area (TPSA) is 90.8 Å². The van der Waals surface area contributed by atoms with Crippen LogP contribution in [0.3, 0.4) is 0 Å². The largest absolute Gasteiger partial charge is 0.508 e. The highest BCUT2D eigenvalue weighted by Gasteiger charge is 2.16. The average molecular weight is 311 g/mol. The zero-order chi connectivity index (χ0) is 16.7. The van der Waals surface area contributed by atoms with Crippen LogP contribution in [-0.4, -0.2) is 23.1 Å². The second kappa shape index (κ2) is 7.74. The molecule has 0 aliphatic heterocycles. The molecule has 2 aromatic rings. The van der Waals surface area contributed by atoms with E-state index >= 15 is 0 Å². The minimum Gasteiger partial charge on any atom is -0.508 e. The third-order valence-electron chi connectivity index (χ3n) is 3.13. The summed E-state index contributed by atoms with van der Waals surface area (Å²) >= 11 is 0. The van der Waals surface area contributed by atoms with E-state index < -0.39 is 11.8 Å². The van der Waals surface area contributed by atoms with Crippen LogP contribution in [0.2, 0.25) is 0 Å². The molecule has 0 fully saturated rings. The third kappa shape index (κ3) is 4.96. The number of phenolic OH excluding ortho intramolecular Hbond substituents is 1. The Morgan fingerprint density at radius 1 is 1.04 bits per heavy atom. The van der Waals surface area contributed by atoms with Gasteiger partial charge in [0.2, 0.25) is 0 Å². The first kappa shape index (κ1) is 16.2. The monoisotopic (exact) mass is 311 g/mol. The van der Waals surface area contributed by atoms with Gasteiger partial charge in [0.25, 0.3) is 0 Å². The smallest absolute Gasteiger partial charge is 0.329 e. The minimum absolute atomic E-state index is 0.139. The van der Waals surface area contributed by atoms with Gasteiger partial charge in [-0.05, 0) is 42.3 Å². The zero-order valence-electron chi connectivity index (χ0n) is 12.6. The molecule has 3 N–H and O–H groups in total. The van der Waals surface area contributed by atoms with E-state index in [0.717, 1.165) is 5.56 Å². The minimum atomic E-state index is -0.845. The molecule has 0 aliphatic rings. The molecule has 6 heteroatoms. The number of carbonyl (C=O) groups excluding carboxylic acids is 2. The molecule has 118 valence electrons. The van der Waals surface area contributed by atoms with Crippen molar-refractivity contribution in [1.82, 2.24) is 10.7 Å². The van der Waals surface area contributed by atoms with Crippen molar-refractivity contribution in [2.75, 3.05) is 0 Å². The van der Waals surface area contributed by atoms with Gasteiger partial charge < -0.3 is 10.4 Å². The van der Waals surface area contributed by atoms with E-state index in [0.29, 0.717) is 5.56 Å². The van der Waals surface area contributed by atoms with E-state index in [1.54, 1.807) is 19.1 Å². The fraction of sp³-hybridized carbons (Fsp3) is 0.118. The molecule has 2 rings (SSSR count). The molecule has 0 saturated heterocycles. The summed E-state index contributed by atoms with van der Waals surface area (Å²) in [6.45, 7) is 1.79. The molecule has 2 aromatic carbocycles. The highest BCUT2D eigenvalue weighted by atomic mass is 16.3. The van der Waals surface area contributed by atoms with Gasteiger partial charge in [0.05, 0.1) is 12.3 Å². The number of nitrogens with one attached hydrogen (secondary N) is 2. The van der Waals surface area contributed by atoms with E-state index in [9.17, 15) is 9.59 Å². The van der Waals surface area contributed by atoms with Crippen LogP contribution in [0.1, 0.15) is 24.1 Å². The van der Waals surface area contributed by atoms with E-state index in [1.165, 1.54) is 18.3 Å². The second-order valence-electron chi connectivity index (χ2n) is 4.90. The first-order chi connectivity index (χ1) is 11.1. The fourth-order valence-electron chi connectivity index (χ4n) is 1.86. The lowest BCUT2D eigenvalue weighted by Gasteiger charge is -2.13. The molecule has 0 spiro atoms. The van der Waals surface area contributed by atoms with Crippen molar-refractivity contribution in [2.45, 2.75) is 13.0 Å². The van der Waals surface area contributed by atoms with Crippen LogP contribution >= 0.6 is 0 Å². The van der Waals surface area contributed by atoms with Gasteiger partial charge in [-0.2, -0.15) is 5.10 Å². The summed E-state index contributed by atoms with van der Waals surface area (Å²) in [6, 6.07) is 15.3. The Morgan fingerprint density at radius 3 is 2.35 bits per heavy atom. The number of nitrogens with zero attached hydrogens (tertiary/aromatic N) is 1. The standard InChI is InChI=1S/C17H17N3O3/c1-12(14-5-3-2-4-6-14)19-16(22)17(23)20-18-11-13-7-9-15(21)10-8-13/h2-12,21H,1H3,(H,19,22)(H,20,23)/b18-11-/t12-/m0/s1. The zero-order valence-corrected chi connectivity index (χ0v) is 12.6. The van der Waals surface area contributed by atoms with Gasteiger partial charge in [-0.1, -0.05) is 30.3 Å².